The number of aliphatic hydroxyl groups is 3. The van der Waals surface area contributed by atoms with Crippen LogP contribution in [-0.2, 0) is 4.74 Å². The van der Waals surface area contributed by atoms with E-state index in [1.165, 1.54) is 0 Å². The summed E-state index contributed by atoms with van der Waals surface area (Å²) in [7, 11) is 0. The highest BCUT2D eigenvalue weighted by Crippen LogP contribution is 2.18. The first-order valence-electron chi connectivity index (χ1n) is 2.82. The molecular weight excluding hydrogens is 124 g/mol. The van der Waals surface area contributed by atoms with Gasteiger partial charge in [0.1, 0.15) is 12.2 Å². The van der Waals surface area contributed by atoms with Crippen molar-refractivity contribution >= 4 is 0 Å². The average molecular weight is 134 g/mol. The highest BCUT2D eigenvalue weighted by molar-refractivity contribution is 4.82. The fraction of sp³-hybridized carbons (Fsp3) is 1.00. The van der Waals surface area contributed by atoms with E-state index in [-0.39, 0.29) is 0 Å². The van der Waals surface area contributed by atoms with Crippen molar-refractivity contribution in [3.63, 3.8) is 0 Å². The summed E-state index contributed by atoms with van der Waals surface area (Å²) >= 11 is 0. The lowest BCUT2D eigenvalue weighted by Gasteiger charge is -2.07. The largest absolute Gasteiger partial charge is 0.388 e. The van der Waals surface area contributed by atoms with Crippen LogP contribution in [0.5, 0.6) is 0 Å². The van der Waals surface area contributed by atoms with Gasteiger partial charge in [0.2, 0.25) is 0 Å². The molecule has 3 N–H and O–H groups in total. The van der Waals surface area contributed by atoms with Crippen molar-refractivity contribution in [2.24, 2.45) is 0 Å². The smallest absolute Gasteiger partial charge is 0.183 e. The average Bonchev–Trinajstić information content (AvgIpc) is 1.98. The summed E-state index contributed by atoms with van der Waals surface area (Å²) in [5.41, 5.74) is 0. The summed E-state index contributed by atoms with van der Waals surface area (Å²) in [4.78, 5) is 0. The molecule has 4 nitrogen and oxygen atoms in total. The Morgan fingerprint density at radius 3 is 1.78 bits per heavy atom. The third kappa shape index (κ3) is 1.07. The molecule has 0 aliphatic carbocycles. The molecule has 0 spiro atoms. The van der Waals surface area contributed by atoms with Gasteiger partial charge in [0.15, 0.2) is 6.29 Å². The van der Waals surface area contributed by atoms with Crippen molar-refractivity contribution < 1.29 is 20.1 Å². The zero-order chi connectivity index (χ0) is 7.02. The Labute approximate surface area is 52.7 Å². The molecule has 54 valence electrons. The second kappa shape index (κ2) is 2.22. The molecule has 1 fully saturated rings. The van der Waals surface area contributed by atoms with Crippen molar-refractivity contribution in [3.8, 4) is 0 Å². The molecule has 0 bridgehead atoms. The van der Waals surface area contributed by atoms with E-state index in [1.54, 1.807) is 6.92 Å². The SMILES string of the molecule is C[C@@H]1O[C@H](O)[C@H](O)[C@@H]1O. The van der Waals surface area contributed by atoms with Crippen LogP contribution >= 0.6 is 0 Å². The standard InChI is InChI=1S/C5H10O4/c1-2-3(6)4(7)5(8)9-2/h2-8H,1H3/t2-,3+,4+,5-/m0/s1. The minimum absolute atomic E-state index is 0.477. The molecule has 4 atom stereocenters. The Morgan fingerprint density at radius 2 is 1.67 bits per heavy atom. The lowest BCUT2D eigenvalue weighted by molar-refractivity contribution is -0.124. The lowest BCUT2D eigenvalue weighted by atomic mass is 10.2. The normalized spacial score (nSPS) is 52.0. The number of aliphatic hydroxyl groups excluding tert-OH is 3. The van der Waals surface area contributed by atoms with E-state index in [4.69, 9.17) is 15.3 Å². The van der Waals surface area contributed by atoms with E-state index in [9.17, 15) is 0 Å². The van der Waals surface area contributed by atoms with Gasteiger partial charge in [-0.25, -0.2) is 0 Å². The van der Waals surface area contributed by atoms with Crippen LogP contribution in [0.15, 0.2) is 0 Å². The van der Waals surface area contributed by atoms with Gasteiger partial charge in [0.05, 0.1) is 6.10 Å². The highest BCUT2D eigenvalue weighted by Gasteiger charge is 2.38. The highest BCUT2D eigenvalue weighted by atomic mass is 16.6. The van der Waals surface area contributed by atoms with Gasteiger partial charge in [0.25, 0.3) is 0 Å². The van der Waals surface area contributed by atoms with Crippen LogP contribution < -0.4 is 0 Å². The summed E-state index contributed by atoms with van der Waals surface area (Å²) in [6, 6.07) is 0. The Morgan fingerprint density at radius 1 is 1.11 bits per heavy atom. The Hall–Kier alpha value is -0.160. The van der Waals surface area contributed by atoms with Crippen LogP contribution in [0, 0.1) is 0 Å². The van der Waals surface area contributed by atoms with Crippen molar-refractivity contribution in [3.05, 3.63) is 0 Å². The van der Waals surface area contributed by atoms with E-state index >= 15 is 0 Å². The first-order valence-corrected chi connectivity index (χ1v) is 2.82. The number of hydrogen-bond donors (Lipinski definition) is 3. The van der Waals surface area contributed by atoms with Crippen molar-refractivity contribution in [2.45, 2.75) is 31.5 Å². The Balaban J connectivity index is 2.54. The van der Waals surface area contributed by atoms with E-state index in [0.717, 1.165) is 0 Å². The molecule has 1 aliphatic heterocycles. The minimum atomic E-state index is -1.23. The molecule has 0 amide bonds. The maximum Gasteiger partial charge on any atom is 0.183 e. The predicted molar refractivity (Wildman–Crippen MR) is 28.6 cm³/mol. The fourth-order valence-corrected chi connectivity index (χ4v) is 0.827. The second-order valence-electron chi connectivity index (χ2n) is 2.21. The molecule has 0 aromatic rings. The number of hydrogen-bond acceptors (Lipinski definition) is 4. The molecule has 0 saturated carbocycles. The van der Waals surface area contributed by atoms with Crippen LogP contribution in [0.2, 0.25) is 0 Å². The van der Waals surface area contributed by atoms with Gasteiger partial charge in [-0.2, -0.15) is 0 Å². The van der Waals surface area contributed by atoms with Crippen LogP contribution in [0.25, 0.3) is 0 Å². The summed E-state index contributed by atoms with van der Waals surface area (Å²) in [6.45, 7) is 1.59. The molecule has 1 saturated heterocycles. The maximum absolute atomic E-state index is 8.90. The monoisotopic (exact) mass is 134 g/mol. The molecule has 1 heterocycles. The first kappa shape index (κ1) is 6.95. The number of ether oxygens (including phenoxy) is 1. The molecule has 9 heavy (non-hydrogen) atoms. The Bertz CT molecular complexity index is 93.1. The molecule has 0 unspecified atom stereocenters. The van der Waals surface area contributed by atoms with Crippen LogP contribution in [0.4, 0.5) is 0 Å². The van der Waals surface area contributed by atoms with E-state index in [2.05, 4.69) is 4.74 Å². The first-order chi connectivity index (χ1) is 4.13. The van der Waals surface area contributed by atoms with Crippen LogP contribution in [0.3, 0.4) is 0 Å². The molecule has 0 radical (unpaired) electrons. The maximum atomic E-state index is 8.90. The second-order valence-corrected chi connectivity index (χ2v) is 2.21. The minimum Gasteiger partial charge on any atom is -0.388 e. The molecule has 4 heteroatoms. The van der Waals surface area contributed by atoms with Gasteiger partial charge >= 0.3 is 0 Å². The fourth-order valence-electron chi connectivity index (χ4n) is 0.827. The van der Waals surface area contributed by atoms with Crippen LogP contribution in [0.1, 0.15) is 6.92 Å². The quantitative estimate of drug-likeness (QED) is 0.375. The van der Waals surface area contributed by atoms with E-state index < -0.39 is 24.6 Å². The summed E-state index contributed by atoms with van der Waals surface area (Å²) in [5, 5.41) is 26.4. The van der Waals surface area contributed by atoms with Gasteiger partial charge < -0.3 is 20.1 Å². The summed E-state index contributed by atoms with van der Waals surface area (Å²) in [6.07, 6.45) is -3.81. The lowest BCUT2D eigenvalue weighted by Crippen LogP contribution is -2.31. The zero-order valence-electron chi connectivity index (χ0n) is 5.06. The van der Waals surface area contributed by atoms with E-state index in [0.29, 0.717) is 0 Å². The summed E-state index contributed by atoms with van der Waals surface area (Å²) in [5.74, 6) is 0. The van der Waals surface area contributed by atoms with Crippen LogP contribution in [-0.4, -0.2) is 39.9 Å². The van der Waals surface area contributed by atoms with E-state index in [1.807, 2.05) is 0 Å². The van der Waals surface area contributed by atoms with Crippen molar-refractivity contribution in [1.29, 1.82) is 0 Å². The van der Waals surface area contributed by atoms with Gasteiger partial charge in [-0.15, -0.1) is 0 Å². The van der Waals surface area contributed by atoms with Gasteiger partial charge in [-0.1, -0.05) is 0 Å². The van der Waals surface area contributed by atoms with Crippen molar-refractivity contribution in [1.82, 2.24) is 0 Å². The zero-order valence-corrected chi connectivity index (χ0v) is 5.06. The Kier molecular flexibility index (Phi) is 1.72. The van der Waals surface area contributed by atoms with Gasteiger partial charge in [0, 0.05) is 0 Å². The van der Waals surface area contributed by atoms with Gasteiger partial charge in [-0.05, 0) is 6.92 Å². The van der Waals surface area contributed by atoms with Crippen molar-refractivity contribution in [2.75, 3.05) is 0 Å². The molecule has 1 aliphatic rings. The summed E-state index contributed by atoms with van der Waals surface area (Å²) < 4.78 is 4.64. The molecular formula is C5H10O4. The molecule has 0 aromatic heterocycles. The number of rotatable bonds is 0. The van der Waals surface area contributed by atoms with Gasteiger partial charge in [-0.3, -0.25) is 0 Å². The third-order valence-corrected chi connectivity index (χ3v) is 1.48. The molecule has 1 rings (SSSR count). The topological polar surface area (TPSA) is 69.9 Å². The molecule has 0 aromatic carbocycles. The predicted octanol–water partition coefficient (Wildman–Crippen LogP) is -1.55. The third-order valence-electron chi connectivity index (χ3n) is 1.48.